The molecule has 5 nitrogen and oxygen atoms in total. The molecule has 0 unspecified atom stereocenters. The number of carbonyl (C=O) groups is 2. The molecule has 24 heavy (non-hydrogen) atoms. The van der Waals surface area contributed by atoms with Gasteiger partial charge in [-0.1, -0.05) is 13.8 Å². The summed E-state index contributed by atoms with van der Waals surface area (Å²) in [5, 5.41) is 0. The molecule has 1 atom stereocenters. The first-order valence-electron chi connectivity index (χ1n) is 9.63. The van der Waals surface area contributed by atoms with Crippen LogP contribution in [0.15, 0.2) is 0 Å². The van der Waals surface area contributed by atoms with Crippen LogP contribution in [0.4, 0.5) is 0 Å². The van der Waals surface area contributed by atoms with Crippen molar-refractivity contribution < 1.29 is 9.59 Å². The third-order valence-corrected chi connectivity index (χ3v) is 6.29. The predicted molar refractivity (Wildman–Crippen MR) is 94.5 cm³/mol. The molecule has 5 heteroatoms. The molecular weight excluding hydrogens is 302 g/mol. The molecular formula is C19H33N3O2. The molecule has 0 aliphatic carbocycles. The molecule has 3 saturated heterocycles. The van der Waals surface area contributed by atoms with Crippen molar-refractivity contribution in [2.75, 3.05) is 39.3 Å². The summed E-state index contributed by atoms with van der Waals surface area (Å²) in [7, 11) is 0. The third kappa shape index (κ3) is 3.32. The van der Waals surface area contributed by atoms with Crippen LogP contribution in [0.2, 0.25) is 0 Å². The number of hydrogen-bond acceptors (Lipinski definition) is 3. The SMILES string of the molecule is CC(C)C(=O)N1CCC2(CC1)CN(C(=O)[C@@H]1CCN(C(C)C)C1)C2. The summed E-state index contributed by atoms with van der Waals surface area (Å²) in [4.78, 5) is 31.3. The van der Waals surface area contributed by atoms with Crippen LogP contribution in [0.25, 0.3) is 0 Å². The zero-order valence-electron chi connectivity index (χ0n) is 15.8. The molecule has 0 aromatic carbocycles. The van der Waals surface area contributed by atoms with E-state index in [9.17, 15) is 9.59 Å². The second-order valence-corrected chi connectivity index (χ2v) is 8.75. The van der Waals surface area contributed by atoms with Crippen molar-refractivity contribution in [3.8, 4) is 0 Å². The van der Waals surface area contributed by atoms with Gasteiger partial charge in [0.05, 0.1) is 5.92 Å². The Labute approximate surface area is 146 Å². The van der Waals surface area contributed by atoms with Gasteiger partial charge in [0, 0.05) is 50.1 Å². The van der Waals surface area contributed by atoms with E-state index >= 15 is 0 Å². The maximum atomic E-state index is 12.7. The van der Waals surface area contributed by atoms with Crippen molar-refractivity contribution in [1.82, 2.24) is 14.7 Å². The maximum absolute atomic E-state index is 12.7. The Bertz CT molecular complexity index is 487. The van der Waals surface area contributed by atoms with E-state index < -0.39 is 0 Å². The minimum atomic E-state index is 0.0878. The predicted octanol–water partition coefficient (Wildman–Crippen LogP) is 1.82. The highest BCUT2D eigenvalue weighted by molar-refractivity contribution is 5.80. The number of rotatable bonds is 3. The number of hydrogen-bond donors (Lipinski definition) is 0. The van der Waals surface area contributed by atoms with Crippen LogP contribution in [0.5, 0.6) is 0 Å². The van der Waals surface area contributed by atoms with Crippen LogP contribution in [0.1, 0.15) is 47.0 Å². The zero-order valence-corrected chi connectivity index (χ0v) is 15.8. The van der Waals surface area contributed by atoms with Crippen molar-refractivity contribution in [2.45, 2.75) is 53.0 Å². The molecule has 3 heterocycles. The van der Waals surface area contributed by atoms with Gasteiger partial charge in [-0.25, -0.2) is 0 Å². The maximum Gasteiger partial charge on any atom is 0.227 e. The molecule has 0 radical (unpaired) electrons. The Morgan fingerprint density at radius 3 is 2.08 bits per heavy atom. The van der Waals surface area contributed by atoms with Crippen molar-refractivity contribution in [3.63, 3.8) is 0 Å². The van der Waals surface area contributed by atoms with Gasteiger partial charge in [-0.15, -0.1) is 0 Å². The summed E-state index contributed by atoms with van der Waals surface area (Å²) in [6.45, 7) is 13.9. The van der Waals surface area contributed by atoms with Gasteiger partial charge < -0.3 is 14.7 Å². The van der Waals surface area contributed by atoms with Crippen molar-refractivity contribution in [1.29, 1.82) is 0 Å². The highest BCUT2D eigenvalue weighted by Crippen LogP contribution is 2.41. The van der Waals surface area contributed by atoms with Crippen LogP contribution in [0, 0.1) is 17.3 Å². The summed E-state index contributed by atoms with van der Waals surface area (Å²) >= 11 is 0. The Balaban J connectivity index is 1.46. The second-order valence-electron chi connectivity index (χ2n) is 8.75. The van der Waals surface area contributed by atoms with Crippen molar-refractivity contribution in [3.05, 3.63) is 0 Å². The summed E-state index contributed by atoms with van der Waals surface area (Å²) < 4.78 is 0. The minimum absolute atomic E-state index is 0.0878. The Kier molecular flexibility index (Phi) is 4.92. The molecule has 0 aromatic heterocycles. The molecule has 3 fully saturated rings. The molecule has 136 valence electrons. The molecule has 0 N–H and O–H groups in total. The molecule has 3 rings (SSSR count). The Hall–Kier alpha value is -1.10. The fourth-order valence-electron chi connectivity index (χ4n) is 4.52. The normalized spacial score (nSPS) is 27.2. The monoisotopic (exact) mass is 335 g/mol. The summed E-state index contributed by atoms with van der Waals surface area (Å²) in [6, 6.07) is 0.536. The highest BCUT2D eigenvalue weighted by atomic mass is 16.2. The highest BCUT2D eigenvalue weighted by Gasteiger charge is 2.48. The standard InChI is InChI=1S/C19H33N3O2/c1-14(2)17(23)20-9-6-19(7-10-20)12-22(13-19)18(24)16-5-8-21(11-16)15(3)4/h14-16H,5-13H2,1-4H3/t16-/m1/s1. The van der Waals surface area contributed by atoms with Crippen molar-refractivity contribution >= 4 is 11.8 Å². The molecule has 3 aliphatic rings. The first kappa shape index (κ1) is 17.7. The minimum Gasteiger partial charge on any atom is -0.342 e. The van der Waals surface area contributed by atoms with Crippen molar-refractivity contribution in [2.24, 2.45) is 17.3 Å². The van der Waals surface area contributed by atoms with Gasteiger partial charge in [-0.3, -0.25) is 9.59 Å². The fraction of sp³-hybridized carbons (Fsp3) is 0.895. The number of amides is 2. The molecule has 1 spiro atoms. The van der Waals surface area contributed by atoms with Crippen LogP contribution >= 0.6 is 0 Å². The van der Waals surface area contributed by atoms with E-state index in [1.165, 1.54) is 0 Å². The number of likely N-dealkylation sites (tertiary alicyclic amines) is 3. The average molecular weight is 335 g/mol. The van der Waals surface area contributed by atoms with Gasteiger partial charge in [0.1, 0.15) is 0 Å². The summed E-state index contributed by atoms with van der Waals surface area (Å²) in [5.74, 6) is 0.929. The van der Waals surface area contributed by atoms with Crippen LogP contribution in [-0.2, 0) is 9.59 Å². The Morgan fingerprint density at radius 2 is 1.58 bits per heavy atom. The van der Waals surface area contributed by atoms with E-state index in [0.717, 1.165) is 58.5 Å². The van der Waals surface area contributed by atoms with E-state index in [1.807, 2.05) is 18.7 Å². The third-order valence-electron chi connectivity index (χ3n) is 6.29. The van der Waals surface area contributed by atoms with Gasteiger partial charge in [0.15, 0.2) is 0 Å². The lowest BCUT2D eigenvalue weighted by atomic mass is 9.71. The van der Waals surface area contributed by atoms with Gasteiger partial charge in [-0.05, 0) is 39.7 Å². The van der Waals surface area contributed by atoms with Gasteiger partial charge in [0.25, 0.3) is 0 Å². The molecule has 3 aliphatic heterocycles. The number of carbonyl (C=O) groups excluding carboxylic acids is 2. The van der Waals surface area contributed by atoms with E-state index in [1.54, 1.807) is 0 Å². The fourth-order valence-corrected chi connectivity index (χ4v) is 4.52. The lowest BCUT2D eigenvalue weighted by Gasteiger charge is -2.54. The summed E-state index contributed by atoms with van der Waals surface area (Å²) in [6.07, 6.45) is 3.12. The summed E-state index contributed by atoms with van der Waals surface area (Å²) in [5.41, 5.74) is 0.291. The first-order chi connectivity index (χ1) is 11.3. The zero-order chi connectivity index (χ0) is 17.5. The van der Waals surface area contributed by atoms with Gasteiger partial charge >= 0.3 is 0 Å². The molecule has 2 amide bonds. The number of nitrogens with zero attached hydrogens (tertiary/aromatic N) is 3. The quantitative estimate of drug-likeness (QED) is 0.790. The first-order valence-corrected chi connectivity index (χ1v) is 9.63. The number of piperidine rings is 1. The Morgan fingerprint density at radius 1 is 0.958 bits per heavy atom. The van der Waals surface area contributed by atoms with Crippen LogP contribution in [0.3, 0.4) is 0 Å². The lowest BCUT2D eigenvalue weighted by molar-refractivity contribution is -0.154. The van der Waals surface area contributed by atoms with Crippen LogP contribution in [-0.4, -0.2) is 71.8 Å². The van der Waals surface area contributed by atoms with E-state index in [-0.39, 0.29) is 17.7 Å². The van der Waals surface area contributed by atoms with E-state index in [2.05, 4.69) is 23.6 Å². The average Bonchev–Trinajstić information content (AvgIpc) is 3.01. The topological polar surface area (TPSA) is 43.9 Å². The lowest BCUT2D eigenvalue weighted by Crippen LogP contribution is -2.63. The largest absolute Gasteiger partial charge is 0.342 e. The second kappa shape index (κ2) is 6.66. The van der Waals surface area contributed by atoms with Gasteiger partial charge in [0.2, 0.25) is 11.8 Å². The van der Waals surface area contributed by atoms with Gasteiger partial charge in [-0.2, -0.15) is 0 Å². The van der Waals surface area contributed by atoms with Crippen LogP contribution < -0.4 is 0 Å². The van der Waals surface area contributed by atoms with E-state index in [4.69, 9.17) is 0 Å². The smallest absolute Gasteiger partial charge is 0.227 e. The van der Waals surface area contributed by atoms with E-state index in [0.29, 0.717) is 17.4 Å². The molecule has 0 aromatic rings. The molecule has 0 bridgehead atoms. The molecule has 0 saturated carbocycles.